The number of carboxylic acid groups (broad SMARTS) is 1. The molecule has 0 fully saturated rings. The van der Waals surface area contributed by atoms with Gasteiger partial charge < -0.3 is 14.6 Å². The van der Waals surface area contributed by atoms with Gasteiger partial charge in [-0.1, -0.05) is 12.1 Å². The van der Waals surface area contributed by atoms with Gasteiger partial charge in [0.05, 0.1) is 13.2 Å². The van der Waals surface area contributed by atoms with Crippen molar-refractivity contribution in [3.8, 4) is 22.6 Å². The second-order valence-electron chi connectivity index (χ2n) is 5.03. The Morgan fingerprint density at radius 3 is 2.18 bits per heavy atom. The summed E-state index contributed by atoms with van der Waals surface area (Å²) in [5.41, 5.74) is 1.20. The van der Waals surface area contributed by atoms with Crippen molar-refractivity contribution in [1.29, 1.82) is 0 Å². The molecule has 0 saturated carbocycles. The quantitative estimate of drug-likeness (QED) is 0.907. The lowest BCUT2D eigenvalue weighted by Crippen LogP contribution is -2.10. The molecule has 0 spiro atoms. The molecule has 0 radical (unpaired) electrons. The van der Waals surface area contributed by atoms with Crippen LogP contribution in [0, 0.1) is 5.82 Å². The average molecular weight is 304 g/mol. The number of methoxy groups -OCH3 is 1. The summed E-state index contributed by atoms with van der Waals surface area (Å²) in [6.45, 7) is 3.64. The summed E-state index contributed by atoms with van der Waals surface area (Å²) in [7, 11) is 1.39. The van der Waals surface area contributed by atoms with E-state index >= 15 is 0 Å². The molecule has 0 atom stereocenters. The lowest BCUT2D eigenvalue weighted by Gasteiger charge is -2.13. The maximum absolute atomic E-state index is 13.8. The van der Waals surface area contributed by atoms with Gasteiger partial charge in [-0.2, -0.15) is 0 Å². The number of carboxylic acids is 1. The van der Waals surface area contributed by atoms with Gasteiger partial charge in [0, 0.05) is 0 Å². The van der Waals surface area contributed by atoms with Crippen molar-refractivity contribution < 1.29 is 23.8 Å². The maximum atomic E-state index is 13.8. The fourth-order valence-corrected chi connectivity index (χ4v) is 2.08. The Labute approximate surface area is 128 Å². The van der Waals surface area contributed by atoms with Gasteiger partial charge in [0.15, 0.2) is 11.6 Å². The number of benzene rings is 2. The number of carbonyl (C=O) groups is 1. The Hall–Kier alpha value is -2.56. The van der Waals surface area contributed by atoms with E-state index in [0.29, 0.717) is 16.9 Å². The molecule has 2 aromatic carbocycles. The highest BCUT2D eigenvalue weighted by atomic mass is 19.1. The van der Waals surface area contributed by atoms with Gasteiger partial charge in [0.2, 0.25) is 0 Å². The van der Waals surface area contributed by atoms with E-state index in [1.807, 2.05) is 13.8 Å². The van der Waals surface area contributed by atoms with Crippen LogP contribution in [0.4, 0.5) is 4.39 Å². The molecule has 116 valence electrons. The van der Waals surface area contributed by atoms with Crippen LogP contribution in [0.15, 0.2) is 36.4 Å². The summed E-state index contributed by atoms with van der Waals surface area (Å²) in [4.78, 5) is 11.4. The smallest absolute Gasteiger partial charge is 0.339 e. The maximum Gasteiger partial charge on any atom is 0.339 e. The van der Waals surface area contributed by atoms with Gasteiger partial charge >= 0.3 is 5.97 Å². The highest BCUT2D eigenvalue weighted by molar-refractivity contribution is 5.92. The Balaban J connectivity index is 2.46. The summed E-state index contributed by atoms with van der Waals surface area (Å²) < 4.78 is 24.1. The molecular weight excluding hydrogens is 287 g/mol. The number of rotatable bonds is 5. The van der Waals surface area contributed by atoms with Crippen molar-refractivity contribution in [1.82, 2.24) is 0 Å². The van der Waals surface area contributed by atoms with Gasteiger partial charge in [0.1, 0.15) is 11.3 Å². The normalized spacial score (nSPS) is 10.6. The fraction of sp³-hybridized carbons (Fsp3) is 0.235. The average Bonchev–Trinajstić information content (AvgIpc) is 2.46. The Kier molecular flexibility index (Phi) is 4.65. The van der Waals surface area contributed by atoms with E-state index in [1.54, 1.807) is 18.2 Å². The molecule has 2 aromatic rings. The molecule has 0 aliphatic rings. The molecule has 1 N–H and O–H groups in total. The van der Waals surface area contributed by atoms with Crippen LogP contribution in [0.5, 0.6) is 11.5 Å². The summed E-state index contributed by atoms with van der Waals surface area (Å²) in [5.74, 6) is -1.16. The first kappa shape index (κ1) is 15.8. The molecule has 0 aliphatic heterocycles. The van der Waals surface area contributed by atoms with Crippen LogP contribution < -0.4 is 9.47 Å². The first-order valence-electron chi connectivity index (χ1n) is 6.80. The van der Waals surface area contributed by atoms with Gasteiger partial charge in [-0.25, -0.2) is 9.18 Å². The van der Waals surface area contributed by atoms with Gasteiger partial charge in [-0.3, -0.25) is 0 Å². The van der Waals surface area contributed by atoms with Crippen LogP contribution in [0.1, 0.15) is 24.2 Å². The van der Waals surface area contributed by atoms with Gasteiger partial charge in [0.25, 0.3) is 0 Å². The number of hydrogen-bond donors (Lipinski definition) is 1. The Morgan fingerprint density at radius 1 is 1.09 bits per heavy atom. The highest BCUT2D eigenvalue weighted by Crippen LogP contribution is 2.30. The summed E-state index contributed by atoms with van der Waals surface area (Å²) >= 11 is 0. The van der Waals surface area contributed by atoms with Crippen molar-refractivity contribution in [2.45, 2.75) is 20.0 Å². The molecule has 4 nitrogen and oxygen atoms in total. The summed E-state index contributed by atoms with van der Waals surface area (Å²) in [6, 6.07) is 9.24. The zero-order valence-electron chi connectivity index (χ0n) is 12.6. The van der Waals surface area contributed by atoms with E-state index in [9.17, 15) is 14.3 Å². The largest absolute Gasteiger partial charge is 0.494 e. The van der Waals surface area contributed by atoms with Crippen LogP contribution in [-0.2, 0) is 0 Å². The van der Waals surface area contributed by atoms with E-state index in [1.165, 1.54) is 25.3 Å². The van der Waals surface area contributed by atoms with E-state index in [2.05, 4.69) is 0 Å². The van der Waals surface area contributed by atoms with Crippen molar-refractivity contribution in [3.05, 3.63) is 47.8 Å². The van der Waals surface area contributed by atoms with Crippen LogP contribution in [0.2, 0.25) is 0 Å². The molecule has 0 unspecified atom stereocenters. The molecule has 0 amide bonds. The highest BCUT2D eigenvalue weighted by Gasteiger charge is 2.15. The summed E-state index contributed by atoms with van der Waals surface area (Å²) in [5, 5.41) is 9.31. The van der Waals surface area contributed by atoms with Gasteiger partial charge in [-0.05, 0) is 49.2 Å². The molecular formula is C17H17FO4. The molecule has 0 heterocycles. The van der Waals surface area contributed by atoms with E-state index < -0.39 is 11.8 Å². The fourth-order valence-electron chi connectivity index (χ4n) is 2.08. The van der Waals surface area contributed by atoms with Gasteiger partial charge in [-0.15, -0.1) is 0 Å². The molecule has 5 heteroatoms. The zero-order chi connectivity index (χ0) is 16.3. The first-order valence-corrected chi connectivity index (χ1v) is 6.80. The number of halogens is 1. The predicted molar refractivity (Wildman–Crippen MR) is 81.1 cm³/mol. The lowest BCUT2D eigenvalue weighted by molar-refractivity contribution is 0.0690. The molecule has 22 heavy (non-hydrogen) atoms. The number of aromatic carboxylic acids is 1. The minimum absolute atomic E-state index is 0.0439. The van der Waals surface area contributed by atoms with E-state index in [0.717, 1.165) is 0 Å². The SMILES string of the molecule is COc1ccc(-c2ccc(OC(C)C)c(C(=O)O)c2)cc1F. The van der Waals surface area contributed by atoms with Crippen molar-refractivity contribution in [3.63, 3.8) is 0 Å². The molecule has 0 bridgehead atoms. The van der Waals surface area contributed by atoms with Crippen molar-refractivity contribution in [2.24, 2.45) is 0 Å². The Morgan fingerprint density at radius 2 is 1.68 bits per heavy atom. The second-order valence-corrected chi connectivity index (χ2v) is 5.03. The standard InChI is InChI=1S/C17H17FO4/c1-10(2)22-15-6-4-11(8-13(15)17(19)20)12-5-7-16(21-3)14(18)9-12/h4-10H,1-3H3,(H,19,20). The molecule has 0 saturated heterocycles. The van der Waals surface area contributed by atoms with Crippen LogP contribution in [-0.4, -0.2) is 24.3 Å². The first-order chi connectivity index (χ1) is 10.4. The number of hydrogen-bond acceptors (Lipinski definition) is 3. The van der Waals surface area contributed by atoms with E-state index in [4.69, 9.17) is 9.47 Å². The van der Waals surface area contributed by atoms with Crippen LogP contribution in [0.25, 0.3) is 11.1 Å². The third-order valence-corrected chi connectivity index (χ3v) is 3.06. The topological polar surface area (TPSA) is 55.8 Å². The second kappa shape index (κ2) is 6.47. The van der Waals surface area contributed by atoms with E-state index in [-0.39, 0.29) is 17.4 Å². The third kappa shape index (κ3) is 3.36. The summed E-state index contributed by atoms with van der Waals surface area (Å²) in [6.07, 6.45) is -0.137. The van der Waals surface area contributed by atoms with Crippen molar-refractivity contribution in [2.75, 3.05) is 7.11 Å². The monoisotopic (exact) mass is 304 g/mol. The predicted octanol–water partition coefficient (Wildman–Crippen LogP) is 3.99. The van der Waals surface area contributed by atoms with Crippen LogP contribution >= 0.6 is 0 Å². The third-order valence-electron chi connectivity index (χ3n) is 3.06. The lowest BCUT2D eigenvalue weighted by atomic mass is 10.0. The minimum Gasteiger partial charge on any atom is -0.494 e. The Bertz CT molecular complexity index is 695. The number of ether oxygens (including phenoxy) is 2. The minimum atomic E-state index is -1.09. The molecule has 2 rings (SSSR count). The molecule has 0 aromatic heterocycles. The zero-order valence-corrected chi connectivity index (χ0v) is 12.6. The van der Waals surface area contributed by atoms with Crippen molar-refractivity contribution >= 4 is 5.97 Å². The molecule has 0 aliphatic carbocycles. The van der Waals surface area contributed by atoms with Crippen LogP contribution in [0.3, 0.4) is 0 Å².